The summed E-state index contributed by atoms with van der Waals surface area (Å²) in [5, 5.41) is 0. The Morgan fingerprint density at radius 1 is 1.14 bits per heavy atom. The zero-order valence-electron chi connectivity index (χ0n) is 10.7. The molecule has 0 aliphatic carbocycles. The highest BCUT2D eigenvalue weighted by molar-refractivity contribution is 5.93. The number of carbonyl (C=O) groups is 1. The van der Waals surface area contributed by atoms with Gasteiger partial charge in [0.25, 0.3) is 5.91 Å². The van der Waals surface area contributed by atoms with Crippen LogP contribution in [0, 0.1) is 0 Å². The summed E-state index contributed by atoms with van der Waals surface area (Å²) in [4.78, 5) is 19.8. The molecule has 1 N–H and O–H groups in total. The van der Waals surface area contributed by atoms with E-state index in [-0.39, 0.29) is 12.2 Å². The number of nitrogens with one attached hydrogen (secondary N) is 1. The fraction of sp³-hybridized carbons (Fsp3) is 0.143. The largest absolute Gasteiger partial charge is 0.433 e. The molecule has 1 heterocycles. The van der Waals surface area contributed by atoms with Crippen LogP contribution in [0.15, 0.2) is 48.7 Å². The van der Waals surface area contributed by atoms with Crippen molar-refractivity contribution in [3.05, 3.63) is 65.5 Å². The summed E-state index contributed by atoms with van der Waals surface area (Å²) in [5.74, 6) is -0.660. The average molecular weight is 296 g/mol. The van der Waals surface area contributed by atoms with E-state index in [1.54, 1.807) is 0 Å². The molecule has 110 valence electrons. The van der Waals surface area contributed by atoms with E-state index in [9.17, 15) is 18.0 Å². The summed E-state index contributed by atoms with van der Waals surface area (Å²) < 4.78 is 37.0. The van der Waals surface area contributed by atoms with Gasteiger partial charge < -0.3 is 0 Å². The molecule has 1 aromatic carbocycles. The maximum Gasteiger partial charge on any atom is 0.433 e. The summed E-state index contributed by atoms with van der Waals surface area (Å²) >= 11 is 0. The number of pyridine rings is 1. The number of nitrogens with zero attached hydrogens (tertiary/aromatic N) is 1. The molecular weight excluding hydrogens is 285 g/mol. The Balaban J connectivity index is 1.89. The maximum atomic E-state index is 12.3. The number of hydrogen-bond donors (Lipinski definition) is 1. The van der Waals surface area contributed by atoms with Gasteiger partial charge in [-0.25, -0.2) is 5.48 Å². The zero-order chi connectivity index (χ0) is 15.3. The molecule has 0 fully saturated rings. The van der Waals surface area contributed by atoms with Crippen molar-refractivity contribution in [1.29, 1.82) is 0 Å². The Kier molecular flexibility index (Phi) is 4.54. The van der Waals surface area contributed by atoms with E-state index in [0.717, 1.165) is 23.9 Å². The van der Waals surface area contributed by atoms with Crippen molar-refractivity contribution < 1.29 is 22.8 Å². The van der Waals surface area contributed by atoms with Gasteiger partial charge in [0.2, 0.25) is 0 Å². The summed E-state index contributed by atoms with van der Waals surface area (Å²) in [6, 6.07) is 10.9. The predicted molar refractivity (Wildman–Crippen MR) is 67.9 cm³/mol. The van der Waals surface area contributed by atoms with Gasteiger partial charge in [0.1, 0.15) is 5.69 Å². The lowest BCUT2D eigenvalue weighted by atomic mass is 10.2. The van der Waals surface area contributed by atoms with Gasteiger partial charge in [-0.1, -0.05) is 30.3 Å². The Morgan fingerprint density at radius 2 is 1.86 bits per heavy atom. The minimum Gasteiger partial charge on any atom is -0.269 e. The molecular formula is C14H11F3N2O2. The molecule has 21 heavy (non-hydrogen) atoms. The molecule has 0 bridgehead atoms. The van der Waals surface area contributed by atoms with Crippen LogP contribution < -0.4 is 5.48 Å². The van der Waals surface area contributed by atoms with E-state index in [2.05, 4.69) is 10.5 Å². The highest BCUT2D eigenvalue weighted by Crippen LogP contribution is 2.27. The molecule has 0 radical (unpaired) electrons. The summed E-state index contributed by atoms with van der Waals surface area (Å²) in [6.45, 7) is 0.153. The molecule has 0 saturated carbocycles. The van der Waals surface area contributed by atoms with Crippen molar-refractivity contribution in [2.45, 2.75) is 12.8 Å². The monoisotopic (exact) mass is 296 g/mol. The van der Waals surface area contributed by atoms with Crippen LogP contribution in [-0.2, 0) is 17.6 Å². The summed E-state index contributed by atoms with van der Waals surface area (Å²) in [5.41, 5.74) is 1.93. The van der Waals surface area contributed by atoms with E-state index in [0.29, 0.717) is 0 Å². The van der Waals surface area contributed by atoms with E-state index in [1.807, 2.05) is 30.3 Å². The van der Waals surface area contributed by atoms with E-state index in [4.69, 9.17) is 4.84 Å². The number of halogens is 3. The van der Waals surface area contributed by atoms with Crippen LogP contribution in [0.5, 0.6) is 0 Å². The zero-order valence-corrected chi connectivity index (χ0v) is 10.7. The first-order chi connectivity index (χ1) is 9.97. The number of aromatic nitrogens is 1. The van der Waals surface area contributed by atoms with Gasteiger partial charge in [-0.15, -0.1) is 0 Å². The number of alkyl halides is 3. The van der Waals surface area contributed by atoms with Crippen LogP contribution in [-0.4, -0.2) is 10.9 Å². The first kappa shape index (κ1) is 15.0. The lowest BCUT2D eigenvalue weighted by Gasteiger charge is -2.07. The number of hydrogen-bond acceptors (Lipinski definition) is 3. The topological polar surface area (TPSA) is 51.2 Å². The lowest BCUT2D eigenvalue weighted by molar-refractivity contribution is -0.141. The average Bonchev–Trinajstić information content (AvgIpc) is 2.47. The highest BCUT2D eigenvalue weighted by atomic mass is 19.4. The quantitative estimate of drug-likeness (QED) is 0.883. The number of carbonyl (C=O) groups excluding carboxylic acids is 1. The Labute approximate surface area is 118 Å². The molecule has 0 spiro atoms. The molecule has 0 unspecified atom stereocenters. The molecule has 4 nitrogen and oxygen atoms in total. The van der Waals surface area contributed by atoms with Crippen LogP contribution in [0.4, 0.5) is 13.2 Å². The highest BCUT2D eigenvalue weighted by Gasteiger charge is 2.32. The minimum atomic E-state index is -4.53. The van der Waals surface area contributed by atoms with Gasteiger partial charge >= 0.3 is 6.18 Å². The van der Waals surface area contributed by atoms with Crippen molar-refractivity contribution >= 4 is 5.91 Å². The van der Waals surface area contributed by atoms with Gasteiger partial charge in [-0.2, -0.15) is 13.2 Å². The SMILES string of the molecule is O=C(NOCc1ccccc1)c1ccc(C(F)(F)F)nc1. The lowest BCUT2D eigenvalue weighted by Crippen LogP contribution is -2.24. The third kappa shape index (κ3) is 4.28. The number of hydroxylamine groups is 1. The summed E-state index contributed by atoms with van der Waals surface area (Å²) in [6.07, 6.45) is -3.68. The number of benzene rings is 1. The molecule has 7 heteroatoms. The molecule has 0 aliphatic rings. The van der Waals surface area contributed by atoms with Gasteiger partial charge in [-0.05, 0) is 17.7 Å². The Morgan fingerprint density at radius 3 is 2.43 bits per heavy atom. The van der Waals surface area contributed by atoms with Gasteiger partial charge in [0.15, 0.2) is 0 Å². The van der Waals surface area contributed by atoms with E-state index >= 15 is 0 Å². The van der Waals surface area contributed by atoms with Crippen molar-refractivity contribution in [3.8, 4) is 0 Å². The van der Waals surface area contributed by atoms with Crippen LogP contribution in [0.2, 0.25) is 0 Å². The first-order valence-electron chi connectivity index (χ1n) is 5.96. The molecule has 0 saturated heterocycles. The molecule has 0 atom stereocenters. The third-order valence-corrected chi connectivity index (χ3v) is 2.56. The van der Waals surface area contributed by atoms with Gasteiger partial charge in [0, 0.05) is 6.20 Å². The standard InChI is InChI=1S/C14H11F3N2O2/c15-14(16,17)12-7-6-11(8-18-12)13(20)19-21-9-10-4-2-1-3-5-10/h1-8H,9H2,(H,19,20). The predicted octanol–water partition coefficient (Wildman–Crippen LogP) is 2.96. The molecule has 2 rings (SSSR count). The Bertz CT molecular complexity index is 598. The van der Waals surface area contributed by atoms with Gasteiger partial charge in [0.05, 0.1) is 12.2 Å². The molecule has 2 aromatic rings. The molecule has 1 aromatic heterocycles. The number of amides is 1. The Hall–Kier alpha value is -2.41. The van der Waals surface area contributed by atoms with Crippen LogP contribution in [0.25, 0.3) is 0 Å². The second-order valence-electron chi connectivity index (χ2n) is 4.14. The normalized spacial score (nSPS) is 11.2. The number of rotatable bonds is 4. The fourth-order valence-electron chi connectivity index (χ4n) is 1.51. The van der Waals surface area contributed by atoms with Crippen LogP contribution in [0.3, 0.4) is 0 Å². The van der Waals surface area contributed by atoms with E-state index in [1.165, 1.54) is 0 Å². The van der Waals surface area contributed by atoms with Crippen molar-refractivity contribution in [1.82, 2.24) is 10.5 Å². The molecule has 0 aliphatic heterocycles. The molecule has 1 amide bonds. The van der Waals surface area contributed by atoms with Crippen LogP contribution >= 0.6 is 0 Å². The second-order valence-corrected chi connectivity index (χ2v) is 4.14. The maximum absolute atomic E-state index is 12.3. The summed E-state index contributed by atoms with van der Waals surface area (Å²) in [7, 11) is 0. The smallest absolute Gasteiger partial charge is 0.269 e. The van der Waals surface area contributed by atoms with E-state index < -0.39 is 17.8 Å². The van der Waals surface area contributed by atoms with Gasteiger partial charge in [-0.3, -0.25) is 14.6 Å². The first-order valence-corrected chi connectivity index (χ1v) is 5.96. The van der Waals surface area contributed by atoms with Crippen molar-refractivity contribution in [2.75, 3.05) is 0 Å². The van der Waals surface area contributed by atoms with Crippen molar-refractivity contribution in [2.24, 2.45) is 0 Å². The third-order valence-electron chi connectivity index (χ3n) is 2.56. The fourth-order valence-corrected chi connectivity index (χ4v) is 1.51. The second kappa shape index (κ2) is 6.36. The van der Waals surface area contributed by atoms with Crippen LogP contribution in [0.1, 0.15) is 21.6 Å². The van der Waals surface area contributed by atoms with Crippen molar-refractivity contribution in [3.63, 3.8) is 0 Å². The minimum absolute atomic E-state index is 0.0175.